The van der Waals surface area contributed by atoms with Crippen LogP contribution in [0.2, 0.25) is 0 Å². The summed E-state index contributed by atoms with van der Waals surface area (Å²) in [5, 5.41) is 3.85. The summed E-state index contributed by atoms with van der Waals surface area (Å²) in [6.45, 7) is 4.78. The highest BCUT2D eigenvalue weighted by molar-refractivity contribution is 7.91. The lowest BCUT2D eigenvalue weighted by atomic mass is 9.97. The second-order valence-electron chi connectivity index (χ2n) is 6.03. The van der Waals surface area contributed by atoms with Gasteiger partial charge in [0.2, 0.25) is 10.0 Å². The van der Waals surface area contributed by atoms with E-state index in [0.29, 0.717) is 10.8 Å². The predicted molar refractivity (Wildman–Crippen MR) is 96.5 cm³/mol. The third kappa shape index (κ3) is 4.22. The van der Waals surface area contributed by atoms with E-state index in [1.165, 1.54) is 29.1 Å². The van der Waals surface area contributed by atoms with Gasteiger partial charge in [-0.1, -0.05) is 19.1 Å². The molecule has 2 aromatic rings. The Balaban J connectivity index is 1.72. The van der Waals surface area contributed by atoms with Crippen LogP contribution in [-0.2, 0) is 10.0 Å². The van der Waals surface area contributed by atoms with E-state index in [1.807, 2.05) is 6.07 Å². The van der Waals surface area contributed by atoms with Gasteiger partial charge in [-0.25, -0.2) is 13.1 Å². The fourth-order valence-corrected chi connectivity index (χ4v) is 5.84. The maximum atomic E-state index is 12.4. The molecule has 0 saturated carbocycles. The zero-order valence-corrected chi connectivity index (χ0v) is 15.6. The van der Waals surface area contributed by atoms with Crippen LogP contribution in [0, 0.1) is 5.92 Å². The number of nitrogens with one attached hydrogen (secondary N) is 1. The summed E-state index contributed by atoms with van der Waals surface area (Å²) in [6, 6.07) is 7.68. The second-order valence-corrected chi connectivity index (χ2v) is 9.95. The monoisotopic (exact) mass is 370 g/mol. The first-order chi connectivity index (χ1) is 11.1. The molecule has 0 aliphatic carbocycles. The molecule has 0 amide bonds. The smallest absolute Gasteiger partial charge is 0.250 e. The van der Waals surface area contributed by atoms with Gasteiger partial charge in [-0.05, 0) is 54.7 Å². The molecular weight excluding hydrogens is 348 g/mol. The molecule has 1 atom stereocenters. The third-order valence-corrected chi connectivity index (χ3v) is 8.15. The van der Waals surface area contributed by atoms with Crippen LogP contribution in [0.1, 0.15) is 30.7 Å². The number of hydrogen-bond acceptors (Lipinski definition) is 5. The van der Waals surface area contributed by atoms with Crippen molar-refractivity contribution >= 4 is 32.7 Å². The van der Waals surface area contributed by atoms with Crippen molar-refractivity contribution in [3.05, 3.63) is 39.9 Å². The molecule has 1 fully saturated rings. The van der Waals surface area contributed by atoms with Crippen molar-refractivity contribution in [3.63, 3.8) is 0 Å². The summed E-state index contributed by atoms with van der Waals surface area (Å²) >= 11 is 2.95. The minimum Gasteiger partial charge on any atom is -0.294 e. The van der Waals surface area contributed by atoms with E-state index in [0.717, 1.165) is 19.0 Å². The van der Waals surface area contributed by atoms with Crippen LogP contribution in [0.4, 0.5) is 0 Å². The molecule has 126 valence electrons. The van der Waals surface area contributed by atoms with E-state index in [2.05, 4.69) is 28.0 Å². The highest BCUT2D eigenvalue weighted by atomic mass is 32.2. The van der Waals surface area contributed by atoms with Crippen LogP contribution in [0.25, 0.3) is 0 Å². The summed E-state index contributed by atoms with van der Waals surface area (Å²) < 4.78 is 28.0. The van der Waals surface area contributed by atoms with Gasteiger partial charge in [-0.3, -0.25) is 4.90 Å². The zero-order valence-electron chi connectivity index (χ0n) is 13.1. The molecule has 0 spiro atoms. The Bertz CT molecular complexity index is 688. The van der Waals surface area contributed by atoms with Crippen molar-refractivity contribution in [1.82, 2.24) is 9.62 Å². The number of hydrogen-bond donors (Lipinski definition) is 1. The summed E-state index contributed by atoms with van der Waals surface area (Å²) in [6.07, 6.45) is 2.36. The number of thiophene rings is 2. The first-order valence-electron chi connectivity index (χ1n) is 7.87. The fourth-order valence-electron chi connectivity index (χ4n) is 2.91. The quantitative estimate of drug-likeness (QED) is 0.846. The lowest BCUT2D eigenvalue weighted by Gasteiger charge is -2.36. The van der Waals surface area contributed by atoms with E-state index in [4.69, 9.17) is 0 Å². The van der Waals surface area contributed by atoms with E-state index >= 15 is 0 Å². The largest absolute Gasteiger partial charge is 0.294 e. The van der Waals surface area contributed by atoms with Crippen molar-refractivity contribution in [2.75, 3.05) is 19.6 Å². The van der Waals surface area contributed by atoms with Gasteiger partial charge < -0.3 is 0 Å². The zero-order chi connectivity index (χ0) is 16.3. The van der Waals surface area contributed by atoms with Crippen LogP contribution < -0.4 is 4.72 Å². The normalized spacial score (nSPS) is 19.0. The summed E-state index contributed by atoms with van der Waals surface area (Å²) in [4.78, 5) is 3.65. The maximum absolute atomic E-state index is 12.4. The van der Waals surface area contributed by atoms with E-state index in [1.54, 1.807) is 28.8 Å². The van der Waals surface area contributed by atoms with Crippen LogP contribution in [0.15, 0.2) is 39.2 Å². The molecule has 2 aromatic heterocycles. The summed E-state index contributed by atoms with van der Waals surface area (Å²) in [5.74, 6) is 0.762. The minimum atomic E-state index is -3.41. The molecule has 0 bridgehead atoms. The summed E-state index contributed by atoms with van der Waals surface area (Å²) in [5.41, 5.74) is 0. The molecule has 1 unspecified atom stereocenters. The van der Waals surface area contributed by atoms with E-state index in [9.17, 15) is 8.42 Å². The fraction of sp³-hybridized carbons (Fsp3) is 0.500. The van der Waals surface area contributed by atoms with Crippen molar-refractivity contribution in [2.24, 2.45) is 5.92 Å². The first-order valence-corrected chi connectivity index (χ1v) is 11.1. The lowest BCUT2D eigenvalue weighted by Crippen LogP contribution is -2.41. The highest BCUT2D eigenvalue weighted by Crippen LogP contribution is 2.29. The van der Waals surface area contributed by atoms with E-state index in [-0.39, 0.29) is 6.04 Å². The van der Waals surface area contributed by atoms with Gasteiger partial charge in [-0.15, -0.1) is 22.7 Å². The van der Waals surface area contributed by atoms with Crippen LogP contribution in [0.5, 0.6) is 0 Å². The molecule has 1 aliphatic rings. The van der Waals surface area contributed by atoms with Crippen LogP contribution in [0.3, 0.4) is 0 Å². The number of piperidine rings is 1. The Labute approximate surface area is 146 Å². The maximum Gasteiger partial charge on any atom is 0.250 e. The van der Waals surface area contributed by atoms with Gasteiger partial charge in [0.15, 0.2) is 0 Å². The van der Waals surface area contributed by atoms with Crippen LogP contribution in [-0.4, -0.2) is 33.0 Å². The molecule has 3 rings (SSSR count). The standard InChI is InChI=1S/C16H22N2O2S3/c1-13-6-8-18(9-7-13)14(15-4-2-10-21-15)12-17-23(19,20)16-5-3-11-22-16/h2-5,10-11,13-14,17H,6-9,12H2,1H3. The number of sulfonamides is 1. The van der Waals surface area contributed by atoms with Crippen molar-refractivity contribution < 1.29 is 8.42 Å². The second kappa shape index (κ2) is 7.44. The van der Waals surface area contributed by atoms with E-state index < -0.39 is 10.0 Å². The topological polar surface area (TPSA) is 49.4 Å². The van der Waals surface area contributed by atoms with Gasteiger partial charge in [0.1, 0.15) is 4.21 Å². The number of rotatable bonds is 6. The number of likely N-dealkylation sites (tertiary alicyclic amines) is 1. The summed E-state index contributed by atoms with van der Waals surface area (Å²) in [7, 11) is -3.41. The molecule has 0 aromatic carbocycles. The van der Waals surface area contributed by atoms with Gasteiger partial charge in [-0.2, -0.15) is 0 Å². The molecule has 1 N–H and O–H groups in total. The Hall–Kier alpha value is -0.730. The Kier molecular flexibility index (Phi) is 5.53. The van der Waals surface area contributed by atoms with Gasteiger partial charge >= 0.3 is 0 Å². The third-order valence-electron chi connectivity index (χ3n) is 4.36. The van der Waals surface area contributed by atoms with Crippen molar-refractivity contribution in [3.8, 4) is 0 Å². The Morgan fingerprint density at radius 1 is 1.22 bits per heavy atom. The molecule has 1 aliphatic heterocycles. The molecule has 3 heterocycles. The number of nitrogens with zero attached hydrogens (tertiary/aromatic N) is 1. The average Bonchev–Trinajstić information content (AvgIpc) is 3.23. The molecular formula is C16H22N2O2S3. The van der Waals surface area contributed by atoms with Gasteiger partial charge in [0.05, 0.1) is 6.04 Å². The van der Waals surface area contributed by atoms with Crippen LogP contribution >= 0.6 is 22.7 Å². The van der Waals surface area contributed by atoms with Gasteiger partial charge in [0, 0.05) is 11.4 Å². The first kappa shape index (κ1) is 17.1. The SMILES string of the molecule is CC1CCN(C(CNS(=O)(=O)c2cccs2)c2cccs2)CC1. The molecule has 23 heavy (non-hydrogen) atoms. The lowest BCUT2D eigenvalue weighted by molar-refractivity contribution is 0.141. The average molecular weight is 371 g/mol. The van der Waals surface area contributed by atoms with Crippen molar-refractivity contribution in [1.29, 1.82) is 0 Å². The Morgan fingerprint density at radius 2 is 1.91 bits per heavy atom. The molecule has 1 saturated heterocycles. The minimum absolute atomic E-state index is 0.122. The van der Waals surface area contributed by atoms with Gasteiger partial charge in [0.25, 0.3) is 0 Å². The predicted octanol–water partition coefficient (Wildman–Crippen LogP) is 3.56. The van der Waals surface area contributed by atoms with Crippen molar-refractivity contribution in [2.45, 2.75) is 30.0 Å². The Morgan fingerprint density at radius 3 is 2.52 bits per heavy atom. The molecule has 4 nitrogen and oxygen atoms in total. The molecule has 7 heteroatoms. The highest BCUT2D eigenvalue weighted by Gasteiger charge is 2.27. The molecule has 0 radical (unpaired) electrons.